The summed E-state index contributed by atoms with van der Waals surface area (Å²) >= 11 is 0. The molecule has 3 heteroatoms. The monoisotopic (exact) mass is 183 g/mol. The van der Waals surface area contributed by atoms with Crippen LogP contribution in [-0.4, -0.2) is 25.2 Å². The first-order valence-corrected chi connectivity index (χ1v) is 5.04. The van der Waals surface area contributed by atoms with E-state index in [0.29, 0.717) is 24.0 Å². The highest BCUT2D eigenvalue weighted by Crippen LogP contribution is 2.38. The first-order valence-electron chi connectivity index (χ1n) is 5.04. The van der Waals surface area contributed by atoms with Gasteiger partial charge in [-0.15, -0.1) is 0 Å². The molecule has 1 amide bonds. The normalized spacial score (nSPS) is 42.3. The minimum absolute atomic E-state index is 0.257. The van der Waals surface area contributed by atoms with E-state index in [1.54, 1.807) is 7.11 Å². The maximum atomic E-state index is 11.5. The van der Waals surface area contributed by atoms with Crippen LogP contribution in [0.1, 0.15) is 26.2 Å². The summed E-state index contributed by atoms with van der Waals surface area (Å²) in [5, 5.41) is 3.05. The van der Waals surface area contributed by atoms with Crippen molar-refractivity contribution in [3.63, 3.8) is 0 Å². The smallest absolute Gasteiger partial charge is 0.223 e. The molecule has 2 aliphatic rings. The summed E-state index contributed by atoms with van der Waals surface area (Å²) in [6.07, 6.45) is 3.43. The zero-order chi connectivity index (χ0) is 9.42. The van der Waals surface area contributed by atoms with Crippen molar-refractivity contribution in [3.05, 3.63) is 0 Å². The van der Waals surface area contributed by atoms with Gasteiger partial charge < -0.3 is 10.1 Å². The molecular formula is C10H17NO2. The van der Waals surface area contributed by atoms with E-state index in [-0.39, 0.29) is 5.91 Å². The van der Waals surface area contributed by atoms with E-state index in [0.717, 1.165) is 19.3 Å². The molecule has 0 aromatic rings. The molecule has 0 bridgehead atoms. The number of rotatable bonds is 3. The van der Waals surface area contributed by atoms with Crippen LogP contribution in [0, 0.1) is 11.8 Å². The van der Waals surface area contributed by atoms with Crippen molar-refractivity contribution in [3.8, 4) is 0 Å². The summed E-state index contributed by atoms with van der Waals surface area (Å²) in [6.45, 7) is 2.13. The summed E-state index contributed by atoms with van der Waals surface area (Å²) in [6, 6.07) is 0.380. The average Bonchev–Trinajstić information content (AvgIpc) is 2.73. The molecule has 0 unspecified atom stereocenters. The third kappa shape index (κ3) is 1.85. The van der Waals surface area contributed by atoms with Crippen LogP contribution in [0.2, 0.25) is 0 Å². The molecule has 1 N–H and O–H groups in total. The van der Waals surface area contributed by atoms with Crippen molar-refractivity contribution in [1.29, 1.82) is 0 Å². The molecule has 0 aromatic heterocycles. The minimum Gasteiger partial charge on any atom is -0.381 e. The molecule has 2 fully saturated rings. The Labute approximate surface area is 78.8 Å². The summed E-state index contributed by atoms with van der Waals surface area (Å²) < 4.78 is 5.14. The van der Waals surface area contributed by atoms with Gasteiger partial charge in [-0.3, -0.25) is 4.79 Å². The van der Waals surface area contributed by atoms with Crippen molar-refractivity contribution < 1.29 is 9.53 Å². The Morgan fingerprint density at radius 1 is 1.38 bits per heavy atom. The van der Waals surface area contributed by atoms with Crippen LogP contribution in [0.4, 0.5) is 0 Å². The quantitative estimate of drug-likeness (QED) is 0.707. The number of carbonyl (C=O) groups excluding carboxylic acids is 1. The number of nitrogens with one attached hydrogen (secondary N) is 1. The Balaban J connectivity index is 1.66. The Bertz CT molecular complexity index is 211. The second kappa shape index (κ2) is 3.29. The number of methoxy groups -OCH3 is 1. The molecule has 2 atom stereocenters. The maximum Gasteiger partial charge on any atom is 0.223 e. The highest BCUT2D eigenvalue weighted by molar-refractivity contribution is 5.81. The van der Waals surface area contributed by atoms with Gasteiger partial charge in [0.2, 0.25) is 5.91 Å². The van der Waals surface area contributed by atoms with Gasteiger partial charge in [-0.1, -0.05) is 6.92 Å². The van der Waals surface area contributed by atoms with Gasteiger partial charge >= 0.3 is 0 Å². The van der Waals surface area contributed by atoms with Crippen LogP contribution < -0.4 is 5.32 Å². The van der Waals surface area contributed by atoms with Gasteiger partial charge in [0.05, 0.1) is 6.10 Å². The third-order valence-electron chi connectivity index (χ3n) is 3.22. The Hall–Kier alpha value is -0.570. The lowest BCUT2D eigenvalue weighted by Gasteiger charge is -2.34. The van der Waals surface area contributed by atoms with E-state index in [9.17, 15) is 4.79 Å². The first kappa shape index (κ1) is 9.00. The molecule has 2 aliphatic carbocycles. The molecular weight excluding hydrogens is 166 g/mol. The van der Waals surface area contributed by atoms with Crippen LogP contribution >= 0.6 is 0 Å². The minimum atomic E-state index is 0.257. The topological polar surface area (TPSA) is 38.3 Å². The lowest BCUT2D eigenvalue weighted by Crippen LogP contribution is -2.48. The summed E-state index contributed by atoms with van der Waals surface area (Å²) in [7, 11) is 1.73. The summed E-state index contributed by atoms with van der Waals surface area (Å²) in [5.74, 6) is 1.17. The summed E-state index contributed by atoms with van der Waals surface area (Å²) in [4.78, 5) is 11.5. The molecule has 3 nitrogen and oxygen atoms in total. The Kier molecular flexibility index (Phi) is 2.28. The fourth-order valence-electron chi connectivity index (χ4n) is 1.87. The van der Waals surface area contributed by atoms with Gasteiger partial charge in [0.25, 0.3) is 0 Å². The van der Waals surface area contributed by atoms with Crippen molar-refractivity contribution in [2.75, 3.05) is 7.11 Å². The number of ether oxygens (including phenoxy) is 1. The molecule has 2 rings (SSSR count). The fraction of sp³-hybridized carbons (Fsp3) is 0.900. The van der Waals surface area contributed by atoms with E-state index in [1.165, 1.54) is 0 Å². The molecule has 0 spiro atoms. The second-order valence-corrected chi connectivity index (χ2v) is 4.35. The molecule has 0 aliphatic heterocycles. The molecule has 13 heavy (non-hydrogen) atoms. The first-order chi connectivity index (χ1) is 6.20. The second-order valence-electron chi connectivity index (χ2n) is 4.35. The Morgan fingerprint density at radius 3 is 2.46 bits per heavy atom. The lowest BCUT2D eigenvalue weighted by molar-refractivity contribution is -0.124. The summed E-state index contributed by atoms with van der Waals surface area (Å²) in [5.41, 5.74) is 0. The zero-order valence-electron chi connectivity index (χ0n) is 8.25. The number of carbonyl (C=O) groups is 1. The third-order valence-corrected chi connectivity index (χ3v) is 3.22. The van der Waals surface area contributed by atoms with E-state index in [2.05, 4.69) is 12.2 Å². The lowest BCUT2D eigenvalue weighted by atomic mass is 9.89. The van der Waals surface area contributed by atoms with Crippen molar-refractivity contribution in [2.24, 2.45) is 11.8 Å². The van der Waals surface area contributed by atoms with E-state index >= 15 is 0 Å². The standard InChI is InChI=1S/C10H17NO2/c1-6-3-9(6)10(12)11-7-4-8(5-7)13-2/h6-9H,3-5H2,1-2H3,(H,11,12)/t6-,7?,8?,9-/m1/s1. The van der Waals surface area contributed by atoms with Gasteiger partial charge in [0.15, 0.2) is 0 Å². The SMILES string of the molecule is COC1CC(NC(=O)[C@@H]2C[C@H]2C)C1. The molecule has 0 saturated heterocycles. The molecule has 0 heterocycles. The predicted molar refractivity (Wildman–Crippen MR) is 49.2 cm³/mol. The molecule has 74 valence electrons. The average molecular weight is 183 g/mol. The molecule has 2 saturated carbocycles. The maximum absolute atomic E-state index is 11.5. The van der Waals surface area contributed by atoms with Crippen molar-refractivity contribution >= 4 is 5.91 Å². The van der Waals surface area contributed by atoms with Gasteiger partial charge in [-0.2, -0.15) is 0 Å². The molecule has 0 radical (unpaired) electrons. The van der Waals surface area contributed by atoms with Gasteiger partial charge in [0, 0.05) is 19.1 Å². The van der Waals surface area contributed by atoms with Crippen LogP contribution in [0.15, 0.2) is 0 Å². The molecule has 0 aromatic carbocycles. The van der Waals surface area contributed by atoms with E-state index < -0.39 is 0 Å². The Morgan fingerprint density at radius 2 is 2.00 bits per heavy atom. The van der Waals surface area contributed by atoms with Crippen LogP contribution in [0.25, 0.3) is 0 Å². The van der Waals surface area contributed by atoms with Crippen LogP contribution in [-0.2, 0) is 9.53 Å². The van der Waals surface area contributed by atoms with Crippen molar-refractivity contribution in [2.45, 2.75) is 38.3 Å². The number of amides is 1. The fourth-order valence-corrected chi connectivity index (χ4v) is 1.87. The van der Waals surface area contributed by atoms with Gasteiger partial charge in [-0.05, 0) is 25.2 Å². The zero-order valence-corrected chi connectivity index (χ0v) is 8.25. The largest absolute Gasteiger partial charge is 0.381 e. The van der Waals surface area contributed by atoms with Crippen molar-refractivity contribution in [1.82, 2.24) is 5.32 Å². The highest BCUT2D eigenvalue weighted by atomic mass is 16.5. The number of hydrogen-bond acceptors (Lipinski definition) is 2. The highest BCUT2D eigenvalue weighted by Gasteiger charge is 2.41. The predicted octanol–water partition coefficient (Wildman–Crippen LogP) is 0.936. The van der Waals surface area contributed by atoms with E-state index in [1.807, 2.05) is 0 Å². The van der Waals surface area contributed by atoms with Crippen LogP contribution in [0.3, 0.4) is 0 Å². The van der Waals surface area contributed by atoms with Gasteiger partial charge in [0.1, 0.15) is 0 Å². The van der Waals surface area contributed by atoms with E-state index in [4.69, 9.17) is 4.74 Å². The number of hydrogen-bond donors (Lipinski definition) is 1. The van der Waals surface area contributed by atoms with Crippen LogP contribution in [0.5, 0.6) is 0 Å². The van der Waals surface area contributed by atoms with Gasteiger partial charge in [-0.25, -0.2) is 0 Å².